The highest BCUT2D eigenvalue weighted by Gasteiger charge is 2.17. The van der Waals surface area contributed by atoms with Crippen LogP contribution in [-0.4, -0.2) is 34.2 Å². The van der Waals surface area contributed by atoms with Crippen LogP contribution < -0.4 is 15.5 Å². The summed E-state index contributed by atoms with van der Waals surface area (Å²) < 4.78 is 0. The summed E-state index contributed by atoms with van der Waals surface area (Å²) in [5.74, 6) is 1.35. The molecule has 23 heavy (non-hydrogen) atoms. The van der Waals surface area contributed by atoms with Crippen LogP contribution in [0.4, 0.5) is 11.8 Å². The van der Waals surface area contributed by atoms with Crippen molar-refractivity contribution in [3.8, 4) is 0 Å². The molecule has 1 aromatic heterocycles. The first-order valence-corrected chi connectivity index (χ1v) is 9.36. The molecule has 0 radical (unpaired) electrons. The molecule has 3 rings (SSSR count). The molecule has 1 aromatic rings. The monoisotopic (exact) mass is 353 g/mol. The number of halogens is 1. The Morgan fingerprint density at radius 3 is 2.48 bits per heavy atom. The Bertz CT molecular complexity index is 539. The van der Waals surface area contributed by atoms with Gasteiger partial charge in [-0.3, -0.25) is 0 Å². The number of nitrogens with one attached hydrogen (secondary N) is 2. The van der Waals surface area contributed by atoms with Gasteiger partial charge < -0.3 is 15.5 Å². The lowest BCUT2D eigenvalue weighted by Gasteiger charge is -2.20. The number of hydrogen-bond acceptors (Lipinski definition) is 4. The summed E-state index contributed by atoms with van der Waals surface area (Å²) in [7, 11) is 0. The largest absolute Gasteiger partial charge is 0.360 e. The smallest absolute Gasteiger partial charge is 0.232 e. The van der Waals surface area contributed by atoms with Crippen LogP contribution in [0, 0.1) is 0 Å². The summed E-state index contributed by atoms with van der Waals surface area (Å²) in [6, 6.07) is 2.27. The third kappa shape index (κ3) is 4.91. The number of nitrogens with zero attached hydrogens (tertiary/aromatic N) is 3. The van der Waals surface area contributed by atoms with Gasteiger partial charge in [0.15, 0.2) is 5.11 Å². The Morgan fingerprint density at radius 2 is 1.78 bits per heavy atom. The van der Waals surface area contributed by atoms with Crippen LogP contribution in [0.5, 0.6) is 0 Å². The minimum Gasteiger partial charge on any atom is -0.360 e. The second-order valence-corrected chi connectivity index (χ2v) is 7.15. The fourth-order valence-corrected chi connectivity index (χ4v) is 3.75. The van der Waals surface area contributed by atoms with E-state index >= 15 is 0 Å². The summed E-state index contributed by atoms with van der Waals surface area (Å²) in [5.41, 5.74) is 0. The maximum atomic E-state index is 6.14. The van der Waals surface area contributed by atoms with Crippen LogP contribution in [-0.2, 0) is 0 Å². The van der Waals surface area contributed by atoms with Gasteiger partial charge in [-0.25, -0.2) is 4.98 Å². The first-order valence-electron chi connectivity index (χ1n) is 8.58. The van der Waals surface area contributed by atoms with Gasteiger partial charge >= 0.3 is 0 Å². The Balaban J connectivity index is 1.61. The third-order valence-corrected chi connectivity index (χ3v) is 4.94. The van der Waals surface area contributed by atoms with Gasteiger partial charge in [0.25, 0.3) is 0 Å². The molecule has 0 amide bonds. The summed E-state index contributed by atoms with van der Waals surface area (Å²) >= 11 is 11.6. The number of hydrogen-bond donors (Lipinski definition) is 2. The molecule has 2 aliphatic rings. The van der Waals surface area contributed by atoms with Crippen molar-refractivity contribution in [2.24, 2.45) is 0 Å². The molecule has 5 nitrogen and oxygen atoms in total. The molecule has 126 valence electrons. The molecule has 1 aliphatic heterocycles. The van der Waals surface area contributed by atoms with E-state index in [1.54, 1.807) is 0 Å². The summed E-state index contributed by atoms with van der Waals surface area (Å²) in [6.07, 6.45) is 9.95. The van der Waals surface area contributed by atoms with Crippen molar-refractivity contribution < 1.29 is 0 Å². The molecule has 0 bridgehead atoms. The highest BCUT2D eigenvalue weighted by Crippen LogP contribution is 2.22. The van der Waals surface area contributed by atoms with E-state index in [0.29, 0.717) is 22.3 Å². The van der Waals surface area contributed by atoms with Crippen LogP contribution >= 0.6 is 23.8 Å². The van der Waals surface area contributed by atoms with Gasteiger partial charge in [-0.2, -0.15) is 4.98 Å². The van der Waals surface area contributed by atoms with Gasteiger partial charge in [0.05, 0.1) is 0 Å². The molecule has 2 fully saturated rings. The highest BCUT2D eigenvalue weighted by molar-refractivity contribution is 7.80. The van der Waals surface area contributed by atoms with E-state index in [0.717, 1.165) is 18.9 Å². The van der Waals surface area contributed by atoms with Crippen LogP contribution in [0.1, 0.15) is 51.4 Å². The molecule has 1 saturated heterocycles. The average Bonchev–Trinajstić information content (AvgIpc) is 2.93. The number of aromatic nitrogens is 2. The van der Waals surface area contributed by atoms with Crippen molar-refractivity contribution in [3.05, 3.63) is 11.2 Å². The van der Waals surface area contributed by atoms with Crippen LogP contribution in [0.25, 0.3) is 0 Å². The second kappa shape index (κ2) is 8.11. The van der Waals surface area contributed by atoms with E-state index in [9.17, 15) is 0 Å². The lowest BCUT2D eigenvalue weighted by atomic mass is 10.1. The molecule has 0 atom stereocenters. The summed E-state index contributed by atoms with van der Waals surface area (Å²) in [6.45, 7) is 2.05. The maximum absolute atomic E-state index is 6.14. The molecular weight excluding hydrogens is 330 g/mol. The lowest BCUT2D eigenvalue weighted by Crippen LogP contribution is -2.37. The van der Waals surface area contributed by atoms with Crippen molar-refractivity contribution in [1.29, 1.82) is 0 Å². The first kappa shape index (κ1) is 16.7. The summed E-state index contributed by atoms with van der Waals surface area (Å²) in [4.78, 5) is 11.0. The first-order chi connectivity index (χ1) is 11.2. The van der Waals surface area contributed by atoms with Gasteiger partial charge in [-0.05, 0) is 37.9 Å². The van der Waals surface area contributed by atoms with Crippen LogP contribution in [0.3, 0.4) is 0 Å². The molecule has 0 unspecified atom stereocenters. The Labute approximate surface area is 148 Å². The SMILES string of the molecule is S=C(Nc1nc(Cl)cc(N2CCCC2)n1)NC1CCCCCC1. The predicted octanol–water partition coefficient (Wildman–Crippen LogP) is 3.74. The van der Waals surface area contributed by atoms with Crippen molar-refractivity contribution in [3.63, 3.8) is 0 Å². The number of anilines is 2. The van der Waals surface area contributed by atoms with Gasteiger partial charge in [0.1, 0.15) is 11.0 Å². The van der Waals surface area contributed by atoms with Crippen LogP contribution in [0.2, 0.25) is 5.15 Å². The third-order valence-electron chi connectivity index (χ3n) is 4.53. The van der Waals surface area contributed by atoms with Gasteiger partial charge in [0.2, 0.25) is 5.95 Å². The Hall–Kier alpha value is -1.14. The van der Waals surface area contributed by atoms with Crippen molar-refractivity contribution in [2.75, 3.05) is 23.3 Å². The predicted molar refractivity (Wildman–Crippen MR) is 99.3 cm³/mol. The van der Waals surface area contributed by atoms with E-state index in [1.807, 2.05) is 6.07 Å². The number of rotatable bonds is 3. The normalized spacial score (nSPS) is 19.4. The minimum absolute atomic E-state index is 0.446. The standard InChI is InChI=1S/C16H24ClN5S/c17-13-11-14(22-9-5-6-10-22)20-15(19-13)21-16(23)18-12-7-3-1-2-4-8-12/h11-12H,1-10H2,(H2,18,19,20,21,23). The summed E-state index contributed by atoms with van der Waals surface area (Å²) in [5, 5.41) is 7.54. The van der Waals surface area contributed by atoms with E-state index in [4.69, 9.17) is 23.8 Å². The van der Waals surface area contributed by atoms with Crippen molar-refractivity contribution in [1.82, 2.24) is 15.3 Å². The molecule has 1 saturated carbocycles. The fraction of sp³-hybridized carbons (Fsp3) is 0.688. The minimum atomic E-state index is 0.446. The fourth-order valence-electron chi connectivity index (χ4n) is 3.32. The molecule has 0 spiro atoms. The topological polar surface area (TPSA) is 53.1 Å². The molecule has 2 heterocycles. The van der Waals surface area contributed by atoms with Crippen molar-refractivity contribution in [2.45, 2.75) is 57.4 Å². The zero-order valence-electron chi connectivity index (χ0n) is 13.4. The zero-order chi connectivity index (χ0) is 16.1. The molecular formula is C16H24ClN5S. The maximum Gasteiger partial charge on any atom is 0.232 e. The van der Waals surface area contributed by atoms with E-state index in [1.165, 1.54) is 51.4 Å². The Kier molecular flexibility index (Phi) is 5.89. The second-order valence-electron chi connectivity index (χ2n) is 6.35. The van der Waals surface area contributed by atoms with E-state index in [2.05, 4.69) is 25.5 Å². The van der Waals surface area contributed by atoms with E-state index in [-0.39, 0.29) is 0 Å². The quantitative estimate of drug-likeness (QED) is 0.490. The van der Waals surface area contributed by atoms with Gasteiger partial charge in [-0.1, -0.05) is 37.3 Å². The molecule has 1 aliphatic carbocycles. The van der Waals surface area contributed by atoms with Crippen molar-refractivity contribution >= 4 is 40.7 Å². The lowest BCUT2D eigenvalue weighted by molar-refractivity contribution is 0.535. The highest BCUT2D eigenvalue weighted by atomic mass is 35.5. The van der Waals surface area contributed by atoms with Gasteiger partial charge in [-0.15, -0.1) is 0 Å². The molecule has 0 aromatic carbocycles. The van der Waals surface area contributed by atoms with Gasteiger partial charge in [0, 0.05) is 25.2 Å². The van der Waals surface area contributed by atoms with Crippen LogP contribution in [0.15, 0.2) is 6.07 Å². The number of thiocarbonyl (C=S) groups is 1. The average molecular weight is 354 g/mol. The zero-order valence-corrected chi connectivity index (χ0v) is 14.9. The Morgan fingerprint density at radius 1 is 1.09 bits per heavy atom. The molecule has 2 N–H and O–H groups in total. The molecule has 7 heteroatoms. The van der Waals surface area contributed by atoms with E-state index < -0.39 is 0 Å².